The lowest BCUT2D eigenvalue weighted by atomic mass is 9.66. The Bertz CT molecular complexity index is 815. The largest absolute Gasteiger partial charge is 0.465 e. The van der Waals surface area contributed by atoms with Gasteiger partial charge >= 0.3 is 5.97 Å². The minimum absolute atomic E-state index is 0.187. The first-order valence-electron chi connectivity index (χ1n) is 12.5. The average Bonchev–Trinajstić information content (AvgIpc) is 3.38. The van der Waals surface area contributed by atoms with E-state index in [1.54, 1.807) is 24.0 Å². The Balaban J connectivity index is 2.00. The lowest BCUT2D eigenvalue weighted by molar-refractivity contribution is -0.161. The van der Waals surface area contributed by atoms with E-state index in [1.165, 1.54) is 4.90 Å². The van der Waals surface area contributed by atoms with E-state index in [-0.39, 0.29) is 25.0 Å². The Morgan fingerprint density at radius 1 is 1.32 bits per heavy atom. The molecule has 3 heterocycles. The minimum atomic E-state index is -1.11. The second-order valence-corrected chi connectivity index (χ2v) is 10.0. The Labute approximate surface area is 202 Å². The second kappa shape index (κ2) is 10.6. The number of carbonyl (C=O) groups is 3. The summed E-state index contributed by atoms with van der Waals surface area (Å²) in [6, 6.07) is -1.49. The summed E-state index contributed by atoms with van der Waals surface area (Å²) in [7, 11) is 0. The number of aliphatic hydroxyl groups is 1. The molecular formula is C26H40N2O6. The third kappa shape index (κ3) is 4.31. The molecule has 0 aromatic rings. The third-order valence-electron chi connectivity index (χ3n) is 7.70. The molecule has 3 rings (SSSR count). The molecule has 3 aliphatic heterocycles. The summed E-state index contributed by atoms with van der Waals surface area (Å²) in [5, 5.41) is 9.95. The number of ether oxygens (including phenoxy) is 2. The van der Waals surface area contributed by atoms with E-state index in [0.717, 1.165) is 19.3 Å². The zero-order valence-electron chi connectivity index (χ0n) is 20.8. The highest BCUT2D eigenvalue weighted by Crippen LogP contribution is 2.63. The Morgan fingerprint density at radius 2 is 2.06 bits per heavy atom. The zero-order chi connectivity index (χ0) is 25.1. The van der Waals surface area contributed by atoms with E-state index in [2.05, 4.69) is 20.1 Å². The molecule has 0 saturated carbocycles. The Morgan fingerprint density at radius 3 is 2.68 bits per heavy atom. The van der Waals surface area contributed by atoms with Crippen molar-refractivity contribution in [2.24, 2.45) is 11.8 Å². The van der Waals surface area contributed by atoms with E-state index in [0.29, 0.717) is 32.4 Å². The number of amides is 2. The van der Waals surface area contributed by atoms with Crippen LogP contribution in [0.2, 0.25) is 0 Å². The van der Waals surface area contributed by atoms with Gasteiger partial charge in [0.1, 0.15) is 17.6 Å². The van der Waals surface area contributed by atoms with Gasteiger partial charge in [0, 0.05) is 13.1 Å². The van der Waals surface area contributed by atoms with Gasteiger partial charge < -0.3 is 24.4 Å². The number of likely N-dealkylation sites (tertiary alicyclic amines) is 1. The number of hydrogen-bond acceptors (Lipinski definition) is 6. The smallest absolute Gasteiger partial charge is 0.312 e. The van der Waals surface area contributed by atoms with Crippen molar-refractivity contribution >= 4 is 17.8 Å². The standard InChI is InChI=1S/C26H40N2O6/c1-6-9-11-15-27(14-8-3)23(31)21-26-13-12-25(5,34-26)20(24(32)33-16-10-7-2)19(26)22(30)28(21)18(4)17-29/h7-8,18-21,29H,2-3,6,9-17H2,1,4-5H3/t18-,19+,20+,21?,25-,26?/m1/s1. The van der Waals surface area contributed by atoms with Gasteiger partial charge in [-0.05, 0) is 39.5 Å². The maximum atomic E-state index is 14.0. The number of carbonyl (C=O) groups excluding carboxylic acids is 3. The van der Waals surface area contributed by atoms with Crippen molar-refractivity contribution in [1.29, 1.82) is 0 Å². The van der Waals surface area contributed by atoms with Crippen molar-refractivity contribution in [3.8, 4) is 0 Å². The van der Waals surface area contributed by atoms with Crippen molar-refractivity contribution in [3.63, 3.8) is 0 Å². The van der Waals surface area contributed by atoms with E-state index >= 15 is 0 Å². The Hall–Kier alpha value is -2.19. The summed E-state index contributed by atoms with van der Waals surface area (Å²) in [5.74, 6) is -2.61. The van der Waals surface area contributed by atoms with E-state index in [9.17, 15) is 19.5 Å². The summed E-state index contributed by atoms with van der Waals surface area (Å²) in [6.07, 6.45) is 7.78. The van der Waals surface area contributed by atoms with E-state index < -0.39 is 41.1 Å². The van der Waals surface area contributed by atoms with E-state index in [1.807, 2.05) is 6.92 Å². The van der Waals surface area contributed by atoms with Crippen LogP contribution in [0.15, 0.2) is 25.3 Å². The highest BCUT2D eigenvalue weighted by Gasteiger charge is 2.78. The number of rotatable bonds is 13. The molecule has 1 spiro atoms. The fourth-order valence-electron chi connectivity index (χ4n) is 6.07. The van der Waals surface area contributed by atoms with Gasteiger partial charge in [-0.3, -0.25) is 14.4 Å². The lowest BCUT2D eigenvalue weighted by Crippen LogP contribution is -2.58. The van der Waals surface area contributed by atoms with Crippen molar-refractivity contribution in [2.45, 2.75) is 82.6 Å². The SMILES string of the molecule is C=CCCOC(=O)[C@@H]1[C@H]2C(=O)N([C@H](C)CO)C(C(=O)N(CC=C)CCCCC)C23CC[C@@]1(C)O3. The van der Waals surface area contributed by atoms with Crippen LogP contribution in [0.4, 0.5) is 0 Å². The fourth-order valence-corrected chi connectivity index (χ4v) is 6.07. The van der Waals surface area contributed by atoms with Crippen molar-refractivity contribution in [3.05, 3.63) is 25.3 Å². The molecule has 0 radical (unpaired) electrons. The zero-order valence-corrected chi connectivity index (χ0v) is 20.8. The highest BCUT2D eigenvalue weighted by molar-refractivity contribution is 5.98. The molecule has 3 fully saturated rings. The topological polar surface area (TPSA) is 96.4 Å². The monoisotopic (exact) mass is 476 g/mol. The quantitative estimate of drug-likeness (QED) is 0.249. The summed E-state index contributed by atoms with van der Waals surface area (Å²) in [5.41, 5.74) is -1.98. The average molecular weight is 477 g/mol. The number of esters is 1. The molecule has 34 heavy (non-hydrogen) atoms. The van der Waals surface area contributed by atoms with Crippen LogP contribution in [-0.4, -0.2) is 82.3 Å². The van der Waals surface area contributed by atoms with Crippen LogP contribution in [0.3, 0.4) is 0 Å². The predicted molar refractivity (Wildman–Crippen MR) is 128 cm³/mol. The molecule has 8 nitrogen and oxygen atoms in total. The van der Waals surface area contributed by atoms with Gasteiger partial charge in [0.15, 0.2) is 0 Å². The van der Waals surface area contributed by atoms with Crippen LogP contribution in [-0.2, 0) is 23.9 Å². The molecule has 2 amide bonds. The molecule has 3 saturated heterocycles. The predicted octanol–water partition coefficient (Wildman–Crippen LogP) is 2.46. The number of nitrogens with zero attached hydrogens (tertiary/aromatic N) is 2. The molecule has 3 aliphatic rings. The van der Waals surface area contributed by atoms with Crippen molar-refractivity contribution in [1.82, 2.24) is 9.80 Å². The van der Waals surface area contributed by atoms with Gasteiger partial charge in [0.25, 0.3) is 0 Å². The van der Waals surface area contributed by atoms with Crippen LogP contribution in [0.25, 0.3) is 0 Å². The first kappa shape index (κ1) is 26.4. The molecular weight excluding hydrogens is 436 g/mol. The number of aliphatic hydroxyl groups excluding tert-OH is 1. The third-order valence-corrected chi connectivity index (χ3v) is 7.70. The molecule has 2 bridgehead atoms. The van der Waals surface area contributed by atoms with Gasteiger partial charge in [-0.2, -0.15) is 0 Å². The number of unbranched alkanes of at least 4 members (excludes halogenated alkanes) is 2. The normalized spacial score (nSPS) is 32.4. The summed E-state index contributed by atoms with van der Waals surface area (Å²) < 4.78 is 12.0. The van der Waals surface area contributed by atoms with Crippen molar-refractivity contribution in [2.75, 3.05) is 26.3 Å². The first-order valence-corrected chi connectivity index (χ1v) is 12.5. The molecule has 2 unspecified atom stereocenters. The van der Waals surface area contributed by atoms with Gasteiger partial charge in [-0.1, -0.05) is 31.9 Å². The van der Waals surface area contributed by atoms with Crippen LogP contribution >= 0.6 is 0 Å². The van der Waals surface area contributed by atoms with Gasteiger partial charge in [0.05, 0.1) is 30.8 Å². The summed E-state index contributed by atoms with van der Waals surface area (Å²) in [6.45, 7) is 13.9. The Kier molecular flexibility index (Phi) is 8.24. The van der Waals surface area contributed by atoms with Crippen LogP contribution in [0.1, 0.15) is 59.3 Å². The van der Waals surface area contributed by atoms with Crippen LogP contribution in [0.5, 0.6) is 0 Å². The number of hydrogen-bond donors (Lipinski definition) is 1. The van der Waals surface area contributed by atoms with Crippen LogP contribution < -0.4 is 0 Å². The lowest BCUT2D eigenvalue weighted by Gasteiger charge is -2.38. The summed E-state index contributed by atoms with van der Waals surface area (Å²) >= 11 is 0. The maximum absolute atomic E-state index is 14.0. The van der Waals surface area contributed by atoms with Gasteiger partial charge in [-0.15, -0.1) is 13.2 Å². The molecule has 8 heteroatoms. The maximum Gasteiger partial charge on any atom is 0.312 e. The van der Waals surface area contributed by atoms with Gasteiger partial charge in [0.2, 0.25) is 11.8 Å². The molecule has 0 aromatic carbocycles. The van der Waals surface area contributed by atoms with Gasteiger partial charge in [-0.25, -0.2) is 0 Å². The molecule has 6 atom stereocenters. The van der Waals surface area contributed by atoms with Crippen LogP contribution in [0, 0.1) is 11.8 Å². The first-order chi connectivity index (χ1) is 16.2. The highest BCUT2D eigenvalue weighted by atomic mass is 16.6. The van der Waals surface area contributed by atoms with Crippen molar-refractivity contribution < 1.29 is 29.0 Å². The number of fused-ring (bicyclic) bond motifs is 1. The molecule has 0 aromatic heterocycles. The molecule has 0 aliphatic carbocycles. The minimum Gasteiger partial charge on any atom is -0.465 e. The van der Waals surface area contributed by atoms with E-state index in [4.69, 9.17) is 9.47 Å². The molecule has 190 valence electrons. The molecule has 1 N–H and O–H groups in total. The summed E-state index contributed by atoms with van der Waals surface area (Å²) in [4.78, 5) is 44.2. The second-order valence-electron chi connectivity index (χ2n) is 10.0. The fraction of sp³-hybridized carbons (Fsp3) is 0.731.